The molecule has 0 heterocycles. The van der Waals surface area contributed by atoms with E-state index in [1.165, 1.54) is 29.3 Å². The molecule has 0 nitrogen and oxygen atoms in total. The summed E-state index contributed by atoms with van der Waals surface area (Å²) in [5, 5.41) is 0. The van der Waals surface area contributed by atoms with Gasteiger partial charge >= 0.3 is 0 Å². The van der Waals surface area contributed by atoms with Crippen LogP contribution in [0.15, 0.2) is 18.2 Å². The molecule has 0 amide bonds. The lowest BCUT2D eigenvalue weighted by Crippen LogP contribution is -2.38. The molecule has 1 heteroatoms. The zero-order chi connectivity index (χ0) is 13.1. The molecule has 1 aromatic rings. The summed E-state index contributed by atoms with van der Waals surface area (Å²) in [6.45, 7) is 14.1. The van der Waals surface area contributed by atoms with Crippen molar-refractivity contribution in [1.29, 1.82) is 0 Å². The average Bonchev–Trinajstić information content (AvgIpc) is 2.30. The van der Waals surface area contributed by atoms with Crippen molar-refractivity contribution in [2.45, 2.75) is 65.2 Å². The Morgan fingerprint density at radius 1 is 0.882 bits per heavy atom. The van der Waals surface area contributed by atoms with Gasteiger partial charge in [0.05, 0.1) is 8.07 Å². The fourth-order valence-corrected chi connectivity index (χ4v) is 7.49. The van der Waals surface area contributed by atoms with Crippen molar-refractivity contribution in [3.05, 3.63) is 34.9 Å². The topological polar surface area (TPSA) is 0 Å². The molecular weight excluding hydrogens is 220 g/mol. The quantitative estimate of drug-likeness (QED) is 0.607. The van der Waals surface area contributed by atoms with E-state index in [4.69, 9.17) is 0 Å². The minimum absolute atomic E-state index is 0.793. The Labute approximate surface area is 108 Å². The van der Waals surface area contributed by atoms with Gasteiger partial charge in [0.1, 0.15) is 0 Å². The van der Waals surface area contributed by atoms with Gasteiger partial charge in [-0.15, -0.1) is 0 Å². The van der Waals surface area contributed by atoms with E-state index < -0.39 is 8.07 Å². The number of aryl methyl sites for hydroxylation is 2. The van der Waals surface area contributed by atoms with Crippen LogP contribution in [0.2, 0.25) is 18.1 Å². The highest BCUT2D eigenvalue weighted by Crippen LogP contribution is 2.36. The van der Waals surface area contributed by atoms with Crippen LogP contribution in [0.1, 0.15) is 49.9 Å². The lowest BCUT2D eigenvalue weighted by molar-refractivity contribution is 0.940. The molecule has 1 atom stereocenters. The largest absolute Gasteiger partial charge is 0.0677 e. The van der Waals surface area contributed by atoms with Crippen LogP contribution in [-0.2, 0) is 0 Å². The van der Waals surface area contributed by atoms with Crippen LogP contribution in [0.5, 0.6) is 0 Å². The molecule has 1 rings (SSSR count). The molecule has 0 radical (unpaired) electrons. The fourth-order valence-electron chi connectivity index (χ4n) is 3.28. The molecule has 0 saturated heterocycles. The molecule has 0 aliphatic carbocycles. The fraction of sp³-hybridized carbons (Fsp3) is 0.625. The van der Waals surface area contributed by atoms with E-state index in [0.717, 1.165) is 5.54 Å². The second-order valence-electron chi connectivity index (χ2n) is 5.57. The van der Waals surface area contributed by atoms with E-state index >= 15 is 0 Å². The Morgan fingerprint density at radius 2 is 1.29 bits per heavy atom. The average molecular weight is 248 g/mol. The van der Waals surface area contributed by atoms with Gasteiger partial charge in [-0.3, -0.25) is 0 Å². The van der Waals surface area contributed by atoms with Gasteiger partial charge < -0.3 is 0 Å². The number of hydrogen-bond donors (Lipinski definition) is 0. The van der Waals surface area contributed by atoms with Crippen molar-refractivity contribution < 1.29 is 0 Å². The summed E-state index contributed by atoms with van der Waals surface area (Å²) in [6, 6.07) is 11.3. The second-order valence-corrected chi connectivity index (χ2v) is 11.3. The van der Waals surface area contributed by atoms with Crippen LogP contribution in [0.3, 0.4) is 0 Å². The van der Waals surface area contributed by atoms with E-state index in [1.807, 2.05) is 0 Å². The number of benzene rings is 1. The molecule has 0 aliphatic rings. The summed E-state index contributed by atoms with van der Waals surface area (Å²) in [7, 11) is -1.11. The van der Waals surface area contributed by atoms with Crippen LogP contribution in [0.4, 0.5) is 0 Å². The predicted octanol–water partition coefficient (Wildman–Crippen LogP) is 5.45. The first kappa shape index (κ1) is 14.5. The molecule has 96 valence electrons. The van der Waals surface area contributed by atoms with Crippen LogP contribution in [0, 0.1) is 13.8 Å². The molecule has 0 fully saturated rings. The van der Waals surface area contributed by atoms with Gasteiger partial charge in [0.25, 0.3) is 0 Å². The SMILES string of the molecule is CC[Si](CC)(CC)C(C)c1cc(C)cc(C)c1. The highest BCUT2D eigenvalue weighted by Gasteiger charge is 2.34. The Kier molecular flexibility index (Phi) is 5.00. The highest BCUT2D eigenvalue weighted by atomic mass is 28.3. The summed E-state index contributed by atoms with van der Waals surface area (Å²) in [5.41, 5.74) is 5.21. The Balaban J connectivity index is 3.13. The first-order valence-electron chi connectivity index (χ1n) is 7.07. The standard InChI is InChI=1S/C16H28Si/c1-7-17(8-2,9-3)15(6)16-11-13(4)10-14(5)12-16/h10-12,15H,7-9H2,1-6H3. The van der Waals surface area contributed by atoms with Gasteiger partial charge in [0, 0.05) is 0 Å². The van der Waals surface area contributed by atoms with Crippen molar-refractivity contribution in [2.75, 3.05) is 0 Å². The zero-order valence-corrected chi connectivity index (χ0v) is 13.4. The van der Waals surface area contributed by atoms with Gasteiger partial charge in [-0.05, 0) is 25.0 Å². The van der Waals surface area contributed by atoms with Crippen molar-refractivity contribution >= 4 is 8.07 Å². The van der Waals surface area contributed by atoms with Crippen LogP contribution < -0.4 is 0 Å². The molecular formula is C16H28Si. The maximum atomic E-state index is 2.47. The molecule has 0 bridgehead atoms. The second kappa shape index (κ2) is 5.86. The molecule has 0 N–H and O–H groups in total. The minimum atomic E-state index is -1.11. The number of hydrogen-bond acceptors (Lipinski definition) is 0. The third kappa shape index (κ3) is 3.01. The third-order valence-electron chi connectivity index (χ3n) is 4.77. The molecule has 0 aliphatic heterocycles. The monoisotopic (exact) mass is 248 g/mol. The lowest BCUT2D eigenvalue weighted by Gasteiger charge is -2.35. The van der Waals surface area contributed by atoms with Crippen molar-refractivity contribution in [1.82, 2.24) is 0 Å². The van der Waals surface area contributed by atoms with Gasteiger partial charge in [0.15, 0.2) is 0 Å². The van der Waals surface area contributed by atoms with E-state index in [-0.39, 0.29) is 0 Å². The Morgan fingerprint density at radius 3 is 1.65 bits per heavy atom. The summed E-state index contributed by atoms with van der Waals surface area (Å²) >= 11 is 0. The van der Waals surface area contributed by atoms with Gasteiger partial charge in [0.2, 0.25) is 0 Å². The van der Waals surface area contributed by atoms with Gasteiger partial charge in [-0.2, -0.15) is 0 Å². The van der Waals surface area contributed by atoms with Gasteiger partial charge in [-0.25, -0.2) is 0 Å². The summed E-state index contributed by atoms with van der Waals surface area (Å²) < 4.78 is 0. The van der Waals surface area contributed by atoms with Crippen molar-refractivity contribution in [2.24, 2.45) is 0 Å². The highest BCUT2D eigenvalue weighted by molar-refractivity contribution is 6.80. The first-order chi connectivity index (χ1) is 7.99. The normalized spacial score (nSPS) is 13.8. The van der Waals surface area contributed by atoms with Crippen molar-refractivity contribution in [3.8, 4) is 0 Å². The molecule has 1 unspecified atom stereocenters. The van der Waals surface area contributed by atoms with E-state index in [1.54, 1.807) is 5.56 Å². The van der Waals surface area contributed by atoms with E-state index in [9.17, 15) is 0 Å². The molecule has 0 aromatic heterocycles. The maximum Gasteiger partial charge on any atom is 0.0601 e. The molecule has 0 spiro atoms. The molecule has 1 aromatic carbocycles. The number of rotatable bonds is 5. The maximum absolute atomic E-state index is 2.47. The third-order valence-corrected chi connectivity index (χ3v) is 11.2. The predicted molar refractivity (Wildman–Crippen MR) is 81.5 cm³/mol. The Bertz CT molecular complexity index is 335. The van der Waals surface area contributed by atoms with Crippen molar-refractivity contribution in [3.63, 3.8) is 0 Å². The molecule has 17 heavy (non-hydrogen) atoms. The summed E-state index contributed by atoms with van der Waals surface area (Å²) in [5.74, 6) is 0. The van der Waals surface area contributed by atoms with Crippen LogP contribution in [0.25, 0.3) is 0 Å². The minimum Gasteiger partial charge on any atom is -0.0677 e. The first-order valence-corrected chi connectivity index (χ1v) is 9.77. The molecule has 0 saturated carbocycles. The van der Waals surface area contributed by atoms with Crippen LogP contribution in [-0.4, -0.2) is 8.07 Å². The smallest absolute Gasteiger partial charge is 0.0601 e. The van der Waals surface area contributed by atoms with E-state index in [2.05, 4.69) is 59.7 Å². The van der Waals surface area contributed by atoms with Gasteiger partial charge in [-0.1, -0.05) is 75.2 Å². The lowest BCUT2D eigenvalue weighted by atomic mass is 10.1. The van der Waals surface area contributed by atoms with Crippen LogP contribution >= 0.6 is 0 Å². The summed E-state index contributed by atoms with van der Waals surface area (Å²) in [6.07, 6.45) is 0. The van der Waals surface area contributed by atoms with E-state index in [0.29, 0.717) is 0 Å². The Hall–Kier alpha value is -0.563. The summed E-state index contributed by atoms with van der Waals surface area (Å²) in [4.78, 5) is 0. The zero-order valence-electron chi connectivity index (χ0n) is 12.4.